The van der Waals surface area contributed by atoms with Gasteiger partial charge in [0.15, 0.2) is 0 Å². The molecule has 0 spiro atoms. The lowest BCUT2D eigenvalue weighted by molar-refractivity contribution is -0.267. The van der Waals surface area contributed by atoms with E-state index in [1.165, 1.54) is 12.3 Å². The average molecular weight is 380 g/mol. The number of amides is 1. The van der Waals surface area contributed by atoms with Crippen LogP contribution < -0.4 is 5.32 Å². The summed E-state index contributed by atoms with van der Waals surface area (Å²) in [6.45, 7) is 1.48. The number of rotatable bonds is 6. The smallest absolute Gasteiger partial charge is 0.424 e. The predicted molar refractivity (Wildman–Crippen MR) is 83.0 cm³/mol. The fraction of sp³-hybridized carbons (Fsp3) is 0.667. The van der Waals surface area contributed by atoms with Crippen LogP contribution in [0.15, 0.2) is 5.38 Å². The van der Waals surface area contributed by atoms with Gasteiger partial charge in [-0.25, -0.2) is 4.98 Å². The lowest BCUT2D eigenvalue weighted by atomic mass is 9.91. The van der Waals surface area contributed by atoms with Crippen LogP contribution in [0.1, 0.15) is 49.2 Å². The number of carbonyl (C=O) groups is 2. The summed E-state index contributed by atoms with van der Waals surface area (Å²) in [5, 5.41) is 22.4. The summed E-state index contributed by atoms with van der Waals surface area (Å²) in [6.07, 6.45) is -4.59. The van der Waals surface area contributed by atoms with Gasteiger partial charge >= 0.3 is 12.1 Å². The van der Waals surface area contributed by atoms with Crippen molar-refractivity contribution in [2.24, 2.45) is 0 Å². The second-order valence-corrected chi connectivity index (χ2v) is 7.29. The zero-order valence-corrected chi connectivity index (χ0v) is 14.3. The highest BCUT2D eigenvalue weighted by atomic mass is 32.1. The van der Waals surface area contributed by atoms with E-state index in [0.29, 0.717) is 42.7 Å². The zero-order valence-electron chi connectivity index (χ0n) is 13.5. The maximum Gasteiger partial charge on any atom is 0.424 e. The van der Waals surface area contributed by atoms with Crippen molar-refractivity contribution in [2.45, 2.75) is 62.8 Å². The molecule has 1 fully saturated rings. The van der Waals surface area contributed by atoms with Crippen molar-refractivity contribution < 1.29 is 33.0 Å². The topological polar surface area (TPSA) is 99.5 Å². The molecule has 25 heavy (non-hydrogen) atoms. The summed E-state index contributed by atoms with van der Waals surface area (Å²) in [6, 6.07) is 0. The van der Waals surface area contributed by atoms with Crippen LogP contribution in [-0.2, 0) is 15.2 Å². The fourth-order valence-electron chi connectivity index (χ4n) is 3.10. The number of aromatic nitrogens is 1. The predicted octanol–water partition coefficient (Wildman–Crippen LogP) is 2.50. The first-order valence-electron chi connectivity index (χ1n) is 7.72. The molecular weight excluding hydrogens is 361 g/mol. The largest absolute Gasteiger partial charge is 0.481 e. The molecule has 3 N–H and O–H groups in total. The molecule has 1 saturated carbocycles. The number of aliphatic hydroxyl groups is 1. The molecule has 1 unspecified atom stereocenters. The van der Waals surface area contributed by atoms with Crippen LogP contribution in [-0.4, -0.2) is 38.8 Å². The Labute approximate surface area is 146 Å². The molecule has 0 saturated heterocycles. The van der Waals surface area contributed by atoms with Crippen LogP contribution in [0.4, 0.5) is 13.2 Å². The minimum Gasteiger partial charge on any atom is -0.481 e. The minimum atomic E-state index is -5.09. The molecule has 0 bridgehead atoms. The number of carboxylic acid groups (broad SMARTS) is 1. The SMILES string of the molecule is Cc1csc(C(O)(CC(=O)NC2(CC(=O)O)CCCC2)C(F)(F)F)n1. The van der Waals surface area contributed by atoms with Crippen molar-refractivity contribution >= 4 is 23.2 Å². The second kappa shape index (κ2) is 6.91. The van der Waals surface area contributed by atoms with E-state index >= 15 is 0 Å². The number of carbonyl (C=O) groups excluding carboxylic acids is 1. The third-order valence-corrected chi connectivity index (χ3v) is 5.42. The maximum absolute atomic E-state index is 13.4. The maximum atomic E-state index is 13.4. The number of nitrogens with one attached hydrogen (secondary N) is 1. The summed E-state index contributed by atoms with van der Waals surface area (Å²) < 4.78 is 40.3. The molecule has 6 nitrogen and oxygen atoms in total. The van der Waals surface area contributed by atoms with Gasteiger partial charge in [-0.2, -0.15) is 13.2 Å². The first-order chi connectivity index (χ1) is 11.5. The molecule has 1 aliphatic carbocycles. The summed E-state index contributed by atoms with van der Waals surface area (Å²) in [5.41, 5.74) is -4.16. The number of carboxylic acids is 1. The fourth-order valence-corrected chi connectivity index (χ4v) is 4.01. The van der Waals surface area contributed by atoms with Crippen LogP contribution in [0.2, 0.25) is 0 Å². The first kappa shape index (κ1) is 19.6. The Bertz CT molecular complexity index is 655. The molecule has 1 amide bonds. The highest BCUT2D eigenvalue weighted by Crippen LogP contribution is 2.43. The Morgan fingerprint density at radius 2 is 1.96 bits per heavy atom. The van der Waals surface area contributed by atoms with Crippen molar-refractivity contribution in [3.63, 3.8) is 0 Å². The van der Waals surface area contributed by atoms with Crippen LogP contribution in [0.3, 0.4) is 0 Å². The molecule has 1 aliphatic rings. The van der Waals surface area contributed by atoms with Crippen LogP contribution >= 0.6 is 11.3 Å². The number of hydrogen-bond acceptors (Lipinski definition) is 5. The lowest BCUT2D eigenvalue weighted by Gasteiger charge is -2.32. The third kappa shape index (κ3) is 4.30. The highest BCUT2D eigenvalue weighted by Gasteiger charge is 2.58. The van der Waals surface area contributed by atoms with Crippen molar-refractivity contribution in [3.8, 4) is 0 Å². The van der Waals surface area contributed by atoms with Gasteiger partial charge in [0.2, 0.25) is 11.5 Å². The van der Waals surface area contributed by atoms with Crippen molar-refractivity contribution in [2.75, 3.05) is 0 Å². The number of hydrogen-bond donors (Lipinski definition) is 3. The van der Waals surface area contributed by atoms with Gasteiger partial charge in [0.25, 0.3) is 0 Å². The Morgan fingerprint density at radius 3 is 2.40 bits per heavy atom. The third-order valence-electron chi connectivity index (χ3n) is 4.31. The van der Waals surface area contributed by atoms with Gasteiger partial charge in [0, 0.05) is 11.1 Å². The average Bonchev–Trinajstić information content (AvgIpc) is 3.06. The molecule has 0 aliphatic heterocycles. The molecule has 0 aromatic carbocycles. The van der Waals surface area contributed by atoms with E-state index in [1.807, 2.05) is 0 Å². The van der Waals surface area contributed by atoms with E-state index in [9.17, 15) is 27.9 Å². The van der Waals surface area contributed by atoms with E-state index in [2.05, 4.69) is 10.3 Å². The number of aryl methyl sites for hydroxylation is 1. The summed E-state index contributed by atoms with van der Waals surface area (Å²) >= 11 is 0.623. The van der Waals surface area contributed by atoms with Crippen LogP contribution in [0, 0.1) is 6.92 Å². The van der Waals surface area contributed by atoms with Crippen molar-refractivity contribution in [3.05, 3.63) is 16.1 Å². The first-order valence-corrected chi connectivity index (χ1v) is 8.60. The molecule has 1 aromatic rings. The standard InChI is InChI=1S/C15H19F3N2O4S/c1-9-8-25-12(19-9)14(24,15(16,17)18)6-10(21)20-13(7-11(22)23)4-2-3-5-13/h8,24H,2-7H2,1H3,(H,20,21)(H,22,23). The molecule has 140 valence electrons. The van der Waals surface area contributed by atoms with Crippen molar-refractivity contribution in [1.29, 1.82) is 0 Å². The van der Waals surface area contributed by atoms with Gasteiger partial charge in [-0.3, -0.25) is 9.59 Å². The Kier molecular flexibility index (Phi) is 5.43. The summed E-state index contributed by atoms with van der Waals surface area (Å²) in [4.78, 5) is 26.9. The lowest BCUT2D eigenvalue weighted by Crippen LogP contribution is -2.52. The molecule has 1 aromatic heterocycles. The number of aliphatic carboxylic acids is 1. The Hall–Kier alpha value is -1.68. The second-order valence-electron chi connectivity index (χ2n) is 6.43. The van der Waals surface area contributed by atoms with E-state index in [0.717, 1.165) is 0 Å². The summed E-state index contributed by atoms with van der Waals surface area (Å²) in [7, 11) is 0. The number of nitrogens with zero attached hydrogens (tertiary/aromatic N) is 1. The molecule has 1 heterocycles. The van der Waals surface area contributed by atoms with Gasteiger partial charge < -0.3 is 15.5 Å². The molecule has 0 radical (unpaired) electrons. The van der Waals surface area contributed by atoms with Gasteiger partial charge in [-0.15, -0.1) is 11.3 Å². The number of halogens is 3. The molecule has 1 atom stereocenters. The van der Waals surface area contributed by atoms with Crippen LogP contribution in [0.25, 0.3) is 0 Å². The van der Waals surface area contributed by atoms with Gasteiger partial charge in [0.1, 0.15) is 5.01 Å². The van der Waals surface area contributed by atoms with Gasteiger partial charge in [-0.1, -0.05) is 12.8 Å². The quantitative estimate of drug-likeness (QED) is 0.704. The number of thiazole rings is 1. The Morgan fingerprint density at radius 1 is 1.36 bits per heavy atom. The van der Waals surface area contributed by atoms with Gasteiger partial charge in [-0.05, 0) is 19.8 Å². The highest BCUT2D eigenvalue weighted by molar-refractivity contribution is 7.09. The normalized spacial score (nSPS) is 19.4. The summed E-state index contributed by atoms with van der Waals surface area (Å²) in [5.74, 6) is -2.18. The van der Waals surface area contributed by atoms with E-state index < -0.39 is 40.6 Å². The number of alkyl halides is 3. The zero-order chi connectivity index (χ0) is 18.9. The van der Waals surface area contributed by atoms with Crippen molar-refractivity contribution in [1.82, 2.24) is 10.3 Å². The van der Waals surface area contributed by atoms with Crippen LogP contribution in [0.5, 0.6) is 0 Å². The van der Waals surface area contributed by atoms with E-state index in [-0.39, 0.29) is 6.42 Å². The monoisotopic (exact) mass is 380 g/mol. The molecule has 2 rings (SSSR count). The van der Waals surface area contributed by atoms with E-state index in [4.69, 9.17) is 5.11 Å². The van der Waals surface area contributed by atoms with E-state index in [1.54, 1.807) is 0 Å². The molecular formula is C15H19F3N2O4S. The Balaban J connectivity index is 2.21. The molecule has 10 heteroatoms. The van der Waals surface area contributed by atoms with Gasteiger partial charge in [0.05, 0.1) is 18.4 Å². The minimum absolute atomic E-state index is 0.307.